The summed E-state index contributed by atoms with van der Waals surface area (Å²) in [5, 5.41) is 18.3. The van der Waals surface area contributed by atoms with E-state index in [1.54, 1.807) is 11.8 Å². The summed E-state index contributed by atoms with van der Waals surface area (Å²) >= 11 is 1.57. The van der Waals surface area contributed by atoms with Crippen LogP contribution in [-0.4, -0.2) is 27.5 Å². The van der Waals surface area contributed by atoms with Crippen molar-refractivity contribution in [3.63, 3.8) is 0 Å². The summed E-state index contributed by atoms with van der Waals surface area (Å²) in [6.45, 7) is 2.06. The first-order valence-electron chi connectivity index (χ1n) is 4.78. The molecule has 1 aromatic carbocycles. The van der Waals surface area contributed by atoms with E-state index in [4.69, 9.17) is 5.11 Å². The second-order valence-electron chi connectivity index (χ2n) is 3.18. The lowest BCUT2D eigenvalue weighted by Crippen LogP contribution is -2.02. The molecule has 0 heterocycles. The highest BCUT2D eigenvalue weighted by Crippen LogP contribution is 2.25. The second-order valence-corrected chi connectivity index (χ2v) is 4.28. The summed E-state index contributed by atoms with van der Waals surface area (Å²) in [5.74, 6) is 0.895. The van der Waals surface area contributed by atoms with Crippen molar-refractivity contribution in [2.24, 2.45) is 0 Å². The predicted octanol–water partition coefficient (Wildman–Crippen LogP) is 2.42. The first-order valence-corrected chi connectivity index (χ1v) is 5.93. The minimum absolute atomic E-state index is 0.0243. The fraction of sp³-hybridized carbons (Fsp3) is 0.364. The molecule has 0 spiro atoms. The number of carbonyl (C=O) groups excluding carboxylic acids is 1. The molecule has 4 heteroatoms. The maximum Gasteiger partial charge on any atom is 0.172 e. The molecular weight excluding hydrogens is 212 g/mol. The van der Waals surface area contributed by atoms with Gasteiger partial charge in [-0.3, -0.25) is 4.79 Å². The van der Waals surface area contributed by atoms with Gasteiger partial charge in [0, 0.05) is 5.56 Å². The van der Waals surface area contributed by atoms with Gasteiger partial charge in [-0.1, -0.05) is 6.92 Å². The Bertz CT molecular complexity index is 350. The van der Waals surface area contributed by atoms with Gasteiger partial charge in [-0.15, -0.1) is 0 Å². The molecule has 2 N–H and O–H groups in total. The third-order valence-electron chi connectivity index (χ3n) is 1.88. The molecule has 1 rings (SSSR count). The number of thioether (sulfide) groups is 1. The minimum Gasteiger partial charge on any atom is -0.504 e. The first kappa shape index (κ1) is 11.9. The van der Waals surface area contributed by atoms with Gasteiger partial charge in [-0.05, 0) is 30.4 Å². The number of hydrogen-bond donors (Lipinski definition) is 2. The molecule has 1 aromatic rings. The van der Waals surface area contributed by atoms with Crippen LogP contribution in [0.3, 0.4) is 0 Å². The van der Waals surface area contributed by atoms with E-state index in [0.29, 0.717) is 11.3 Å². The van der Waals surface area contributed by atoms with Crippen molar-refractivity contribution >= 4 is 17.5 Å². The van der Waals surface area contributed by atoms with E-state index in [1.807, 2.05) is 0 Å². The Morgan fingerprint density at radius 1 is 1.33 bits per heavy atom. The summed E-state index contributed by atoms with van der Waals surface area (Å²) < 4.78 is 0. The van der Waals surface area contributed by atoms with Crippen LogP contribution in [0.25, 0.3) is 0 Å². The Morgan fingerprint density at radius 3 is 2.67 bits per heavy atom. The van der Waals surface area contributed by atoms with Gasteiger partial charge in [-0.2, -0.15) is 11.8 Å². The number of rotatable bonds is 5. The largest absolute Gasteiger partial charge is 0.504 e. The number of phenolic OH excluding ortho intramolecular Hbond substituents is 2. The Balaban J connectivity index is 2.62. The number of phenols is 2. The molecule has 0 radical (unpaired) electrons. The lowest BCUT2D eigenvalue weighted by molar-refractivity contribution is 0.102. The molecule has 0 aliphatic rings. The topological polar surface area (TPSA) is 57.5 Å². The molecule has 82 valence electrons. The highest BCUT2D eigenvalue weighted by Gasteiger charge is 2.08. The van der Waals surface area contributed by atoms with E-state index >= 15 is 0 Å². The second kappa shape index (κ2) is 5.66. The van der Waals surface area contributed by atoms with E-state index < -0.39 is 0 Å². The summed E-state index contributed by atoms with van der Waals surface area (Å²) in [4.78, 5) is 11.6. The normalized spacial score (nSPS) is 10.2. The van der Waals surface area contributed by atoms with Crippen molar-refractivity contribution in [1.82, 2.24) is 0 Å². The highest BCUT2D eigenvalue weighted by molar-refractivity contribution is 7.99. The number of hydrogen-bond acceptors (Lipinski definition) is 4. The van der Waals surface area contributed by atoms with Crippen LogP contribution in [-0.2, 0) is 0 Å². The van der Waals surface area contributed by atoms with Crippen molar-refractivity contribution < 1.29 is 15.0 Å². The predicted molar refractivity (Wildman–Crippen MR) is 61.7 cm³/mol. The summed E-state index contributed by atoms with van der Waals surface area (Å²) in [6.07, 6.45) is 1.04. The summed E-state index contributed by atoms with van der Waals surface area (Å²) in [7, 11) is 0. The van der Waals surface area contributed by atoms with Crippen LogP contribution in [0.2, 0.25) is 0 Å². The molecule has 0 saturated carbocycles. The summed E-state index contributed by atoms with van der Waals surface area (Å²) in [5.41, 5.74) is 0.439. The van der Waals surface area contributed by atoms with Gasteiger partial charge >= 0.3 is 0 Å². The zero-order valence-electron chi connectivity index (χ0n) is 8.56. The van der Waals surface area contributed by atoms with Gasteiger partial charge in [-0.25, -0.2) is 0 Å². The zero-order chi connectivity index (χ0) is 11.3. The molecule has 0 saturated heterocycles. The van der Waals surface area contributed by atoms with E-state index in [2.05, 4.69) is 6.92 Å². The fourth-order valence-corrected chi connectivity index (χ4v) is 1.87. The van der Waals surface area contributed by atoms with Crippen LogP contribution in [0.4, 0.5) is 0 Å². The van der Waals surface area contributed by atoms with Gasteiger partial charge in [0.15, 0.2) is 17.3 Å². The van der Waals surface area contributed by atoms with Crippen LogP contribution in [0.5, 0.6) is 11.5 Å². The standard InChI is InChI=1S/C11H14O3S/c1-2-5-15-7-11(14)8-3-4-9(12)10(13)6-8/h3-4,6,12-13H,2,5,7H2,1H3. The van der Waals surface area contributed by atoms with Gasteiger partial charge in [0.2, 0.25) is 0 Å². The molecule has 15 heavy (non-hydrogen) atoms. The number of ketones is 1. The van der Waals surface area contributed by atoms with Crippen molar-refractivity contribution in [3.8, 4) is 11.5 Å². The van der Waals surface area contributed by atoms with Gasteiger partial charge < -0.3 is 10.2 Å². The molecule has 0 atom stereocenters. The van der Waals surface area contributed by atoms with Crippen molar-refractivity contribution in [3.05, 3.63) is 23.8 Å². The molecule has 0 unspecified atom stereocenters. The van der Waals surface area contributed by atoms with Crippen LogP contribution < -0.4 is 0 Å². The van der Waals surface area contributed by atoms with E-state index in [1.165, 1.54) is 18.2 Å². The number of Topliss-reactive ketones (excluding diaryl/α,β-unsaturated/α-hetero) is 1. The fourth-order valence-electron chi connectivity index (χ4n) is 1.09. The Hall–Kier alpha value is -1.16. The van der Waals surface area contributed by atoms with Crippen LogP contribution in [0.15, 0.2) is 18.2 Å². The quantitative estimate of drug-likeness (QED) is 0.460. The molecule has 0 fully saturated rings. The average Bonchev–Trinajstić information content (AvgIpc) is 2.22. The number of aromatic hydroxyl groups is 2. The van der Waals surface area contributed by atoms with Crippen molar-refractivity contribution in [1.29, 1.82) is 0 Å². The lowest BCUT2D eigenvalue weighted by atomic mass is 10.1. The lowest BCUT2D eigenvalue weighted by Gasteiger charge is -2.02. The average molecular weight is 226 g/mol. The Morgan fingerprint density at radius 2 is 2.07 bits per heavy atom. The smallest absolute Gasteiger partial charge is 0.172 e. The molecule has 0 amide bonds. The maximum atomic E-state index is 11.6. The molecular formula is C11H14O3S. The summed E-state index contributed by atoms with van der Waals surface area (Å²) in [6, 6.07) is 4.14. The third-order valence-corrected chi connectivity index (χ3v) is 3.04. The first-order chi connectivity index (χ1) is 7.15. The van der Waals surface area contributed by atoms with Crippen molar-refractivity contribution in [2.75, 3.05) is 11.5 Å². The number of carbonyl (C=O) groups is 1. The maximum absolute atomic E-state index is 11.6. The molecule has 0 bridgehead atoms. The molecule has 0 aliphatic heterocycles. The Kier molecular flexibility index (Phi) is 4.49. The van der Waals surface area contributed by atoms with Crippen molar-refractivity contribution in [2.45, 2.75) is 13.3 Å². The molecule has 0 aliphatic carbocycles. The highest BCUT2D eigenvalue weighted by atomic mass is 32.2. The van der Waals surface area contributed by atoms with Crippen LogP contribution in [0.1, 0.15) is 23.7 Å². The number of benzene rings is 1. The van der Waals surface area contributed by atoms with E-state index in [0.717, 1.165) is 12.2 Å². The monoisotopic (exact) mass is 226 g/mol. The van der Waals surface area contributed by atoms with Gasteiger partial charge in [0.25, 0.3) is 0 Å². The van der Waals surface area contributed by atoms with Gasteiger partial charge in [0.1, 0.15) is 0 Å². The zero-order valence-corrected chi connectivity index (χ0v) is 9.38. The van der Waals surface area contributed by atoms with Crippen LogP contribution in [0, 0.1) is 0 Å². The SMILES string of the molecule is CCCSCC(=O)c1ccc(O)c(O)c1. The van der Waals surface area contributed by atoms with Gasteiger partial charge in [0.05, 0.1) is 5.75 Å². The minimum atomic E-state index is -0.249. The van der Waals surface area contributed by atoms with E-state index in [9.17, 15) is 9.90 Å². The third kappa shape index (κ3) is 3.47. The molecule has 3 nitrogen and oxygen atoms in total. The van der Waals surface area contributed by atoms with E-state index in [-0.39, 0.29) is 17.3 Å². The molecule has 0 aromatic heterocycles. The van der Waals surface area contributed by atoms with Crippen LogP contribution >= 0.6 is 11.8 Å². The Labute approximate surface area is 93.1 Å².